The summed E-state index contributed by atoms with van der Waals surface area (Å²) in [5, 5.41) is 7.32. The number of aromatic nitrogens is 1. The number of hydrogen-bond donors (Lipinski definition) is 1. The highest BCUT2D eigenvalue weighted by molar-refractivity contribution is 6.18. The molecule has 0 fully saturated rings. The Morgan fingerprint density at radius 2 is 0.839 bits per heavy atom. The van der Waals surface area contributed by atoms with Crippen LogP contribution in [0.2, 0.25) is 0 Å². The lowest BCUT2D eigenvalue weighted by Gasteiger charge is -2.24. The van der Waals surface area contributed by atoms with Crippen LogP contribution in [0.4, 0.5) is 0 Å². The molecule has 2 heterocycles. The molecule has 1 aromatic heterocycles. The highest BCUT2D eigenvalue weighted by Gasteiger charge is 2.19. The molecule has 56 heavy (non-hydrogen) atoms. The first-order valence-electron chi connectivity index (χ1n) is 19.2. The Balaban J connectivity index is 1.03. The van der Waals surface area contributed by atoms with Crippen molar-refractivity contribution < 1.29 is 0 Å². The van der Waals surface area contributed by atoms with Gasteiger partial charge in [-0.1, -0.05) is 194 Å². The van der Waals surface area contributed by atoms with Crippen molar-refractivity contribution >= 4 is 33.1 Å². The van der Waals surface area contributed by atoms with Crippen LogP contribution in [-0.4, -0.2) is 4.98 Å². The average Bonchev–Trinajstić information content (AvgIpc) is 3.29. The number of pyridine rings is 1. The number of hydrogen-bond acceptors (Lipinski definition) is 2. The fraction of sp³-hybridized carbons (Fsp3) is 0.0185. The predicted octanol–water partition coefficient (Wildman–Crippen LogP) is 13.8. The third-order valence-corrected chi connectivity index (χ3v) is 10.9. The molecule has 1 aliphatic heterocycles. The lowest BCUT2D eigenvalue weighted by atomic mass is 9.90. The maximum absolute atomic E-state index is 5.43. The van der Waals surface area contributed by atoms with Gasteiger partial charge in [-0.3, -0.25) is 0 Å². The van der Waals surface area contributed by atoms with Gasteiger partial charge in [0.05, 0.1) is 11.2 Å². The quantitative estimate of drug-likeness (QED) is 0.166. The SMILES string of the molecule is C1=C(c2ccccc2)NC(c2ccc(-c3ccc(-c4cc5ccccc5c5c(-c6ccccc6)cc(-c6ccccc6)nc45)cc3)cc2)=CC1c1ccccc1. The standard InChI is InChI=1S/C54H38N2/c1-5-15-37(16-6-1)46-34-50(42-19-9-3-10-20-42)55-51(35-46)44-31-27-39(28-32-44)38-25-29-41(30-26-38)49-33-45-23-13-14-24-47(45)53-48(40-17-7-2-8-18-40)36-52(56-54(49)53)43-21-11-4-12-22-43/h1-36,46,55H. The number of fused-ring (bicyclic) bond motifs is 3. The highest BCUT2D eigenvalue weighted by Crippen LogP contribution is 2.42. The maximum atomic E-state index is 5.43. The van der Waals surface area contributed by atoms with Gasteiger partial charge in [-0.15, -0.1) is 0 Å². The zero-order chi connectivity index (χ0) is 37.3. The van der Waals surface area contributed by atoms with Crippen molar-refractivity contribution in [1.82, 2.24) is 10.3 Å². The minimum atomic E-state index is 0.170. The lowest BCUT2D eigenvalue weighted by molar-refractivity contribution is 1.02. The summed E-state index contributed by atoms with van der Waals surface area (Å²) >= 11 is 0. The Morgan fingerprint density at radius 1 is 0.375 bits per heavy atom. The Hall–Kier alpha value is -7.29. The molecule has 1 unspecified atom stereocenters. The molecule has 8 aromatic carbocycles. The molecule has 2 nitrogen and oxygen atoms in total. The van der Waals surface area contributed by atoms with Gasteiger partial charge in [0.15, 0.2) is 0 Å². The molecule has 0 bridgehead atoms. The normalized spacial score (nSPS) is 13.9. The molecule has 264 valence electrons. The first-order chi connectivity index (χ1) is 27.7. The van der Waals surface area contributed by atoms with Crippen LogP contribution in [0, 0.1) is 0 Å². The van der Waals surface area contributed by atoms with E-state index in [9.17, 15) is 0 Å². The Bertz CT molecular complexity index is 2880. The topological polar surface area (TPSA) is 24.9 Å². The van der Waals surface area contributed by atoms with Gasteiger partial charge in [0.1, 0.15) is 0 Å². The molecule has 1 aliphatic rings. The number of rotatable bonds is 7. The van der Waals surface area contributed by atoms with Crippen molar-refractivity contribution in [1.29, 1.82) is 0 Å². The predicted molar refractivity (Wildman–Crippen MR) is 236 cm³/mol. The summed E-state index contributed by atoms with van der Waals surface area (Å²) in [7, 11) is 0. The average molecular weight is 715 g/mol. The van der Waals surface area contributed by atoms with Crippen LogP contribution in [0.3, 0.4) is 0 Å². The van der Waals surface area contributed by atoms with Crippen LogP contribution in [0.25, 0.3) is 77.7 Å². The van der Waals surface area contributed by atoms with Crippen LogP contribution in [0.5, 0.6) is 0 Å². The van der Waals surface area contributed by atoms with Crippen LogP contribution in [0.1, 0.15) is 22.6 Å². The van der Waals surface area contributed by atoms with E-state index in [0.717, 1.165) is 44.9 Å². The number of allylic oxidation sites excluding steroid dienone is 2. The van der Waals surface area contributed by atoms with E-state index in [1.165, 1.54) is 49.5 Å². The fourth-order valence-electron chi connectivity index (χ4n) is 8.05. The minimum Gasteiger partial charge on any atom is -0.355 e. The van der Waals surface area contributed by atoms with Gasteiger partial charge in [-0.25, -0.2) is 4.98 Å². The van der Waals surface area contributed by atoms with Gasteiger partial charge >= 0.3 is 0 Å². The summed E-state index contributed by atoms with van der Waals surface area (Å²) in [4.78, 5) is 5.43. The van der Waals surface area contributed by atoms with Gasteiger partial charge < -0.3 is 5.32 Å². The second-order valence-corrected chi connectivity index (χ2v) is 14.4. The van der Waals surface area contributed by atoms with E-state index < -0.39 is 0 Å². The second kappa shape index (κ2) is 14.5. The van der Waals surface area contributed by atoms with Crippen LogP contribution in [-0.2, 0) is 0 Å². The van der Waals surface area contributed by atoms with E-state index >= 15 is 0 Å². The van der Waals surface area contributed by atoms with E-state index in [4.69, 9.17) is 4.98 Å². The lowest BCUT2D eigenvalue weighted by Crippen LogP contribution is -2.17. The molecule has 0 saturated carbocycles. The first kappa shape index (κ1) is 33.3. The van der Waals surface area contributed by atoms with Gasteiger partial charge in [0, 0.05) is 33.8 Å². The number of benzene rings is 8. The monoisotopic (exact) mass is 714 g/mol. The van der Waals surface area contributed by atoms with Crippen LogP contribution < -0.4 is 5.32 Å². The van der Waals surface area contributed by atoms with Crippen molar-refractivity contribution in [3.05, 3.63) is 235 Å². The minimum absolute atomic E-state index is 0.170. The smallest absolute Gasteiger partial charge is 0.0800 e. The molecule has 0 amide bonds. The van der Waals surface area contributed by atoms with Crippen LogP contribution >= 0.6 is 0 Å². The molecular weight excluding hydrogens is 677 g/mol. The number of nitrogens with zero attached hydrogens (tertiary/aromatic N) is 1. The summed E-state index contributed by atoms with van der Waals surface area (Å²) in [6.07, 6.45) is 4.66. The molecule has 10 rings (SSSR count). The highest BCUT2D eigenvalue weighted by atomic mass is 14.9. The van der Waals surface area contributed by atoms with Crippen LogP contribution in [0.15, 0.2) is 218 Å². The maximum Gasteiger partial charge on any atom is 0.0800 e. The van der Waals surface area contributed by atoms with E-state index in [1.54, 1.807) is 0 Å². The summed E-state index contributed by atoms with van der Waals surface area (Å²) in [5.41, 5.74) is 15.9. The van der Waals surface area contributed by atoms with Crippen molar-refractivity contribution in [2.75, 3.05) is 0 Å². The summed E-state index contributed by atoms with van der Waals surface area (Å²) in [6.45, 7) is 0. The van der Waals surface area contributed by atoms with Gasteiger partial charge in [-0.05, 0) is 79.6 Å². The van der Waals surface area contributed by atoms with Gasteiger partial charge in [-0.2, -0.15) is 0 Å². The fourth-order valence-corrected chi connectivity index (χ4v) is 8.05. The van der Waals surface area contributed by atoms with E-state index in [-0.39, 0.29) is 5.92 Å². The summed E-state index contributed by atoms with van der Waals surface area (Å²) in [5.74, 6) is 0.170. The molecule has 0 spiro atoms. The molecular formula is C54H38N2. The van der Waals surface area contributed by atoms with Gasteiger partial charge in [0.25, 0.3) is 0 Å². The third-order valence-electron chi connectivity index (χ3n) is 10.9. The second-order valence-electron chi connectivity index (χ2n) is 14.4. The molecule has 1 atom stereocenters. The van der Waals surface area contributed by atoms with E-state index in [2.05, 4.69) is 224 Å². The molecule has 0 radical (unpaired) electrons. The summed E-state index contributed by atoms with van der Waals surface area (Å²) < 4.78 is 0. The van der Waals surface area contributed by atoms with Crippen molar-refractivity contribution in [3.63, 3.8) is 0 Å². The largest absolute Gasteiger partial charge is 0.355 e. The Kier molecular flexibility index (Phi) is 8.62. The number of dihydropyridines is 1. The Morgan fingerprint density at radius 3 is 1.46 bits per heavy atom. The van der Waals surface area contributed by atoms with E-state index in [0.29, 0.717) is 0 Å². The molecule has 1 N–H and O–H groups in total. The van der Waals surface area contributed by atoms with Crippen molar-refractivity contribution in [3.8, 4) is 44.6 Å². The van der Waals surface area contributed by atoms with Gasteiger partial charge in [0.2, 0.25) is 0 Å². The van der Waals surface area contributed by atoms with E-state index in [1.807, 2.05) is 0 Å². The Labute approximate surface area is 327 Å². The summed E-state index contributed by atoms with van der Waals surface area (Å²) in [6, 6.07) is 73.7. The third kappa shape index (κ3) is 6.38. The zero-order valence-electron chi connectivity index (χ0n) is 30.8. The molecule has 9 aromatic rings. The van der Waals surface area contributed by atoms with Crippen molar-refractivity contribution in [2.24, 2.45) is 0 Å². The molecule has 0 saturated heterocycles. The molecule has 0 aliphatic carbocycles. The number of nitrogens with one attached hydrogen (secondary N) is 1. The van der Waals surface area contributed by atoms with Crippen molar-refractivity contribution in [2.45, 2.75) is 5.92 Å². The molecule has 2 heteroatoms. The zero-order valence-corrected chi connectivity index (χ0v) is 30.8. The first-order valence-corrected chi connectivity index (χ1v) is 19.2.